The van der Waals surface area contributed by atoms with Gasteiger partial charge in [-0.2, -0.15) is 0 Å². The van der Waals surface area contributed by atoms with Gasteiger partial charge in [0.2, 0.25) is 0 Å². The fourth-order valence-corrected chi connectivity index (χ4v) is 1.74. The molecule has 2 aromatic rings. The summed E-state index contributed by atoms with van der Waals surface area (Å²) in [6.45, 7) is 5.28. The summed E-state index contributed by atoms with van der Waals surface area (Å²) in [7, 11) is 0. The number of aryl methyl sites for hydroxylation is 1. The summed E-state index contributed by atoms with van der Waals surface area (Å²) in [6, 6.07) is 8.44. The molecule has 0 radical (unpaired) electrons. The number of hydrogen-bond donors (Lipinski definition) is 0. The van der Waals surface area contributed by atoms with Gasteiger partial charge in [-0.1, -0.05) is 11.2 Å². The van der Waals surface area contributed by atoms with Crippen molar-refractivity contribution in [1.29, 1.82) is 0 Å². The molecule has 0 spiro atoms. The molecule has 1 heterocycles. The summed E-state index contributed by atoms with van der Waals surface area (Å²) in [6.07, 6.45) is 0. The van der Waals surface area contributed by atoms with Crippen LogP contribution in [0.25, 0.3) is 0 Å². The summed E-state index contributed by atoms with van der Waals surface area (Å²) >= 11 is 0. The van der Waals surface area contributed by atoms with Crippen LogP contribution in [0.5, 0.6) is 0 Å². The fourth-order valence-electron chi connectivity index (χ4n) is 1.74. The van der Waals surface area contributed by atoms with Crippen molar-refractivity contribution in [2.24, 2.45) is 0 Å². The van der Waals surface area contributed by atoms with E-state index >= 15 is 0 Å². The standard InChI is InChI=1S/C13H15FN2O/c1-3-16(9-13-7-10(2)15-17-13)12-6-4-5-11(14)8-12/h4-8H,3,9H2,1-2H3. The third-order valence-corrected chi connectivity index (χ3v) is 2.58. The third kappa shape index (κ3) is 2.84. The van der Waals surface area contributed by atoms with Crippen LogP contribution in [-0.2, 0) is 6.54 Å². The van der Waals surface area contributed by atoms with E-state index in [2.05, 4.69) is 5.16 Å². The van der Waals surface area contributed by atoms with Crippen LogP contribution >= 0.6 is 0 Å². The molecule has 0 fully saturated rings. The van der Waals surface area contributed by atoms with E-state index in [1.165, 1.54) is 12.1 Å². The van der Waals surface area contributed by atoms with Gasteiger partial charge in [0.05, 0.1) is 12.2 Å². The van der Waals surface area contributed by atoms with Crippen LogP contribution in [0.1, 0.15) is 18.4 Å². The molecular formula is C13H15FN2O. The zero-order chi connectivity index (χ0) is 12.3. The Balaban J connectivity index is 2.16. The second-order valence-corrected chi connectivity index (χ2v) is 3.93. The maximum Gasteiger partial charge on any atom is 0.156 e. The van der Waals surface area contributed by atoms with E-state index in [0.717, 1.165) is 23.7 Å². The summed E-state index contributed by atoms with van der Waals surface area (Å²) in [5.74, 6) is 0.559. The number of hydrogen-bond acceptors (Lipinski definition) is 3. The van der Waals surface area contributed by atoms with Crippen LogP contribution < -0.4 is 4.90 Å². The summed E-state index contributed by atoms with van der Waals surface area (Å²) < 4.78 is 18.3. The van der Waals surface area contributed by atoms with Crippen molar-refractivity contribution in [3.63, 3.8) is 0 Å². The number of aromatic nitrogens is 1. The molecule has 90 valence electrons. The van der Waals surface area contributed by atoms with Gasteiger partial charge in [0.15, 0.2) is 5.76 Å². The lowest BCUT2D eigenvalue weighted by Crippen LogP contribution is -2.21. The highest BCUT2D eigenvalue weighted by atomic mass is 19.1. The Hall–Kier alpha value is -1.84. The van der Waals surface area contributed by atoms with E-state index in [1.807, 2.05) is 30.9 Å². The van der Waals surface area contributed by atoms with Crippen molar-refractivity contribution in [2.75, 3.05) is 11.4 Å². The second-order valence-electron chi connectivity index (χ2n) is 3.93. The van der Waals surface area contributed by atoms with Crippen LogP contribution in [0.3, 0.4) is 0 Å². The van der Waals surface area contributed by atoms with Crippen LogP contribution in [0.4, 0.5) is 10.1 Å². The predicted molar refractivity (Wildman–Crippen MR) is 64.4 cm³/mol. The van der Waals surface area contributed by atoms with Gasteiger partial charge in [-0.25, -0.2) is 4.39 Å². The highest BCUT2D eigenvalue weighted by Gasteiger charge is 2.09. The molecule has 0 bridgehead atoms. The Labute approximate surface area is 99.8 Å². The van der Waals surface area contributed by atoms with Gasteiger partial charge in [0, 0.05) is 18.3 Å². The maximum atomic E-state index is 13.1. The number of benzene rings is 1. The van der Waals surface area contributed by atoms with Crippen molar-refractivity contribution < 1.29 is 8.91 Å². The molecule has 0 aliphatic carbocycles. The zero-order valence-electron chi connectivity index (χ0n) is 9.98. The average Bonchev–Trinajstić information content (AvgIpc) is 2.72. The van der Waals surface area contributed by atoms with Gasteiger partial charge >= 0.3 is 0 Å². The molecule has 0 aliphatic heterocycles. The minimum Gasteiger partial charge on any atom is -0.364 e. The molecule has 1 aromatic carbocycles. The number of nitrogens with zero attached hydrogens (tertiary/aromatic N) is 2. The van der Waals surface area contributed by atoms with E-state index < -0.39 is 0 Å². The Bertz CT molecular complexity index is 496. The summed E-state index contributed by atoms with van der Waals surface area (Å²) in [5.41, 5.74) is 1.71. The monoisotopic (exact) mass is 234 g/mol. The minimum atomic E-state index is -0.227. The van der Waals surface area contributed by atoms with Crippen molar-refractivity contribution in [3.05, 3.63) is 47.6 Å². The predicted octanol–water partition coefficient (Wildman–Crippen LogP) is 3.15. The smallest absolute Gasteiger partial charge is 0.156 e. The number of halogens is 1. The fraction of sp³-hybridized carbons (Fsp3) is 0.308. The quantitative estimate of drug-likeness (QED) is 0.813. The van der Waals surface area contributed by atoms with Gasteiger partial charge in [0.1, 0.15) is 5.82 Å². The lowest BCUT2D eigenvalue weighted by Gasteiger charge is -2.21. The topological polar surface area (TPSA) is 29.3 Å². The van der Waals surface area contributed by atoms with E-state index in [0.29, 0.717) is 6.54 Å². The first-order valence-electron chi connectivity index (χ1n) is 5.61. The molecule has 1 aromatic heterocycles. The van der Waals surface area contributed by atoms with Crippen molar-refractivity contribution in [2.45, 2.75) is 20.4 Å². The first-order chi connectivity index (χ1) is 8.19. The maximum absolute atomic E-state index is 13.1. The molecule has 0 N–H and O–H groups in total. The second kappa shape index (κ2) is 4.99. The van der Waals surface area contributed by atoms with Crippen LogP contribution in [-0.4, -0.2) is 11.7 Å². The van der Waals surface area contributed by atoms with Crippen molar-refractivity contribution in [1.82, 2.24) is 5.16 Å². The van der Waals surface area contributed by atoms with Gasteiger partial charge in [0.25, 0.3) is 0 Å². The molecule has 0 unspecified atom stereocenters. The van der Waals surface area contributed by atoms with E-state index in [9.17, 15) is 4.39 Å². The number of anilines is 1. The molecule has 2 rings (SSSR count). The Kier molecular flexibility index (Phi) is 3.42. The molecule has 4 heteroatoms. The molecule has 0 saturated heterocycles. The number of rotatable bonds is 4. The van der Waals surface area contributed by atoms with Gasteiger partial charge in [-0.15, -0.1) is 0 Å². The SMILES string of the molecule is CCN(Cc1cc(C)no1)c1cccc(F)c1. The van der Waals surface area contributed by atoms with Gasteiger partial charge in [-0.05, 0) is 32.0 Å². The van der Waals surface area contributed by atoms with Crippen molar-refractivity contribution >= 4 is 5.69 Å². The normalized spacial score (nSPS) is 10.5. The van der Waals surface area contributed by atoms with Gasteiger partial charge < -0.3 is 9.42 Å². The Morgan fingerprint density at radius 2 is 2.18 bits per heavy atom. The van der Waals surface area contributed by atoms with Crippen LogP contribution in [0.2, 0.25) is 0 Å². The third-order valence-electron chi connectivity index (χ3n) is 2.58. The Morgan fingerprint density at radius 3 is 2.76 bits per heavy atom. The first-order valence-corrected chi connectivity index (χ1v) is 5.61. The molecule has 0 atom stereocenters. The lowest BCUT2D eigenvalue weighted by atomic mass is 10.2. The molecule has 0 saturated carbocycles. The lowest BCUT2D eigenvalue weighted by molar-refractivity contribution is 0.378. The molecule has 3 nitrogen and oxygen atoms in total. The van der Waals surface area contributed by atoms with E-state index in [4.69, 9.17) is 4.52 Å². The molecule has 0 amide bonds. The largest absolute Gasteiger partial charge is 0.364 e. The van der Waals surface area contributed by atoms with Crippen LogP contribution in [0, 0.1) is 12.7 Å². The van der Waals surface area contributed by atoms with Gasteiger partial charge in [-0.3, -0.25) is 0 Å². The molecular weight excluding hydrogens is 219 g/mol. The van der Waals surface area contributed by atoms with E-state index in [-0.39, 0.29) is 5.82 Å². The first kappa shape index (κ1) is 11.6. The molecule has 0 aliphatic rings. The van der Waals surface area contributed by atoms with Crippen LogP contribution in [0.15, 0.2) is 34.9 Å². The highest BCUT2D eigenvalue weighted by Crippen LogP contribution is 2.18. The van der Waals surface area contributed by atoms with E-state index in [1.54, 1.807) is 6.07 Å². The summed E-state index contributed by atoms with van der Waals surface area (Å²) in [5, 5.41) is 3.84. The summed E-state index contributed by atoms with van der Waals surface area (Å²) in [4.78, 5) is 2.03. The van der Waals surface area contributed by atoms with Crippen molar-refractivity contribution in [3.8, 4) is 0 Å². The Morgan fingerprint density at radius 1 is 1.35 bits per heavy atom. The minimum absolute atomic E-state index is 0.227. The zero-order valence-corrected chi connectivity index (χ0v) is 9.98. The highest BCUT2D eigenvalue weighted by molar-refractivity contribution is 5.46. The average molecular weight is 234 g/mol. The molecule has 17 heavy (non-hydrogen) atoms.